The van der Waals surface area contributed by atoms with Crippen molar-refractivity contribution in [3.8, 4) is 6.07 Å². The van der Waals surface area contributed by atoms with E-state index in [1.54, 1.807) is 24.4 Å². The average molecular weight is 494 g/mol. The molecule has 3 aromatic rings. The molecule has 1 aliphatic rings. The number of aromatic amines is 1. The molecule has 1 atom stereocenters. The zero-order valence-electron chi connectivity index (χ0n) is 18.2. The number of imide groups is 1. The number of benzene rings is 2. The maximum atomic E-state index is 13.3. The molecule has 1 aliphatic heterocycles. The number of carbonyl (C=O) groups is 3. The van der Waals surface area contributed by atoms with Crippen molar-refractivity contribution < 1.29 is 24.6 Å². The standard InChI is InChI=1S/C24H20ClN5O5/c25-16-5-6-18-15(10-27-19(18)8-16)7-20-23(34)30(24(35)29-20)21(22(33)28-17(11-31)12-32)14-3-1-13(9-26)2-4-14/h1-8,10,17,21,27,31-32H,11-12H2,(H,28,33)(H,29,35)/b20-7-. The van der Waals surface area contributed by atoms with Gasteiger partial charge in [-0.25, -0.2) is 9.69 Å². The molecule has 35 heavy (non-hydrogen) atoms. The van der Waals surface area contributed by atoms with Gasteiger partial charge in [-0.3, -0.25) is 9.59 Å². The van der Waals surface area contributed by atoms with E-state index in [-0.39, 0.29) is 11.3 Å². The minimum Gasteiger partial charge on any atom is -0.394 e. The Labute approximate surface area is 204 Å². The molecular weight excluding hydrogens is 474 g/mol. The van der Waals surface area contributed by atoms with Gasteiger partial charge >= 0.3 is 6.03 Å². The van der Waals surface area contributed by atoms with Gasteiger partial charge in [0.05, 0.1) is 30.9 Å². The SMILES string of the molecule is N#Cc1ccc(C(C(=O)NC(CO)CO)N2C(=O)N/C(=C\c3c[nH]c4cc(Cl)ccc34)C2=O)cc1. The molecule has 11 heteroatoms. The van der Waals surface area contributed by atoms with Crippen molar-refractivity contribution >= 4 is 46.4 Å². The van der Waals surface area contributed by atoms with Gasteiger partial charge < -0.3 is 25.8 Å². The number of nitrogens with zero attached hydrogens (tertiary/aromatic N) is 2. The first-order chi connectivity index (χ1) is 16.9. The Morgan fingerprint density at radius 3 is 2.54 bits per heavy atom. The van der Waals surface area contributed by atoms with Crippen molar-refractivity contribution in [1.29, 1.82) is 5.26 Å². The monoisotopic (exact) mass is 493 g/mol. The lowest BCUT2D eigenvalue weighted by atomic mass is 10.0. The van der Waals surface area contributed by atoms with Gasteiger partial charge in [-0.2, -0.15) is 5.26 Å². The second-order valence-electron chi connectivity index (χ2n) is 7.80. The van der Waals surface area contributed by atoms with E-state index in [1.807, 2.05) is 6.07 Å². The van der Waals surface area contributed by atoms with Gasteiger partial charge in [0.15, 0.2) is 0 Å². The van der Waals surface area contributed by atoms with E-state index in [2.05, 4.69) is 15.6 Å². The van der Waals surface area contributed by atoms with E-state index in [0.717, 1.165) is 15.8 Å². The molecule has 2 aromatic carbocycles. The van der Waals surface area contributed by atoms with Crippen LogP contribution < -0.4 is 10.6 Å². The van der Waals surface area contributed by atoms with Crippen molar-refractivity contribution in [2.75, 3.05) is 13.2 Å². The van der Waals surface area contributed by atoms with E-state index in [0.29, 0.717) is 16.1 Å². The second-order valence-corrected chi connectivity index (χ2v) is 8.24. The van der Waals surface area contributed by atoms with Crippen LogP contribution in [0.2, 0.25) is 5.02 Å². The summed E-state index contributed by atoms with van der Waals surface area (Å²) in [6.45, 7) is -1.09. The summed E-state index contributed by atoms with van der Waals surface area (Å²) in [7, 11) is 0. The highest BCUT2D eigenvalue weighted by Gasteiger charge is 2.43. The lowest BCUT2D eigenvalue weighted by Gasteiger charge is -2.26. The first-order valence-electron chi connectivity index (χ1n) is 10.5. The molecule has 1 unspecified atom stereocenters. The molecular formula is C24H20ClN5O5. The van der Waals surface area contributed by atoms with Gasteiger partial charge in [0, 0.05) is 27.7 Å². The third-order valence-corrected chi connectivity index (χ3v) is 5.77. The lowest BCUT2D eigenvalue weighted by molar-refractivity contribution is -0.134. The highest BCUT2D eigenvalue weighted by Crippen LogP contribution is 2.29. The Hall–Kier alpha value is -4.17. The molecule has 0 spiro atoms. The van der Waals surface area contributed by atoms with Gasteiger partial charge in [-0.15, -0.1) is 0 Å². The van der Waals surface area contributed by atoms with Crippen LogP contribution in [0.4, 0.5) is 4.79 Å². The molecule has 0 radical (unpaired) electrons. The van der Waals surface area contributed by atoms with E-state index < -0.39 is 43.1 Å². The fourth-order valence-corrected chi connectivity index (χ4v) is 3.94. The molecule has 178 valence electrons. The first kappa shape index (κ1) is 24.0. The highest BCUT2D eigenvalue weighted by atomic mass is 35.5. The van der Waals surface area contributed by atoms with E-state index in [9.17, 15) is 24.6 Å². The Morgan fingerprint density at radius 1 is 1.17 bits per heavy atom. The number of aliphatic hydroxyl groups excluding tert-OH is 2. The molecule has 4 rings (SSSR count). The predicted octanol–water partition coefficient (Wildman–Crippen LogP) is 1.80. The summed E-state index contributed by atoms with van der Waals surface area (Å²) in [5.41, 5.74) is 1.92. The predicted molar refractivity (Wildman–Crippen MR) is 127 cm³/mol. The van der Waals surface area contributed by atoms with E-state index >= 15 is 0 Å². The molecule has 5 N–H and O–H groups in total. The topological polar surface area (TPSA) is 159 Å². The molecule has 10 nitrogen and oxygen atoms in total. The lowest BCUT2D eigenvalue weighted by Crippen LogP contribution is -2.48. The van der Waals surface area contributed by atoms with Crippen molar-refractivity contribution in [2.45, 2.75) is 12.1 Å². The van der Waals surface area contributed by atoms with Gasteiger partial charge in [-0.05, 0) is 35.9 Å². The fourth-order valence-electron chi connectivity index (χ4n) is 3.77. The van der Waals surface area contributed by atoms with E-state index in [1.165, 1.54) is 30.3 Å². The van der Waals surface area contributed by atoms with Crippen molar-refractivity contribution in [1.82, 2.24) is 20.5 Å². The normalized spacial score (nSPS) is 15.5. The fraction of sp³-hybridized carbons (Fsp3) is 0.167. The van der Waals surface area contributed by atoms with Crippen LogP contribution in [0.5, 0.6) is 0 Å². The Bertz CT molecular complexity index is 1370. The smallest absolute Gasteiger partial charge is 0.330 e. The average Bonchev–Trinajstić information content (AvgIpc) is 3.38. The van der Waals surface area contributed by atoms with Crippen LogP contribution in [0.25, 0.3) is 17.0 Å². The number of aromatic nitrogens is 1. The number of rotatable bonds is 7. The summed E-state index contributed by atoms with van der Waals surface area (Å²) in [6.07, 6.45) is 3.15. The molecule has 2 heterocycles. The Balaban J connectivity index is 1.71. The first-order valence-corrected chi connectivity index (χ1v) is 10.9. The molecule has 4 amide bonds. The Kier molecular flexibility index (Phi) is 6.84. The minimum absolute atomic E-state index is 0.0434. The van der Waals surface area contributed by atoms with Gasteiger partial charge in [-0.1, -0.05) is 29.8 Å². The number of amides is 4. The number of aliphatic hydroxyl groups is 2. The Morgan fingerprint density at radius 2 is 1.89 bits per heavy atom. The molecule has 1 aromatic heterocycles. The van der Waals surface area contributed by atoms with Crippen LogP contribution in [-0.2, 0) is 9.59 Å². The number of halogens is 1. The van der Waals surface area contributed by atoms with Gasteiger partial charge in [0.2, 0.25) is 5.91 Å². The quantitative estimate of drug-likeness (QED) is 0.249. The molecule has 0 aliphatic carbocycles. The molecule has 0 bridgehead atoms. The second kappa shape index (κ2) is 9.99. The van der Waals surface area contributed by atoms with Crippen LogP contribution in [-0.4, -0.2) is 57.2 Å². The van der Waals surface area contributed by atoms with Crippen LogP contribution in [0.3, 0.4) is 0 Å². The number of urea groups is 1. The zero-order valence-corrected chi connectivity index (χ0v) is 18.9. The summed E-state index contributed by atoms with van der Waals surface area (Å²) in [4.78, 5) is 43.1. The van der Waals surface area contributed by atoms with Gasteiger partial charge in [0.25, 0.3) is 5.91 Å². The summed E-state index contributed by atoms with van der Waals surface area (Å²) in [5.74, 6) is -1.53. The third-order valence-electron chi connectivity index (χ3n) is 5.53. The summed E-state index contributed by atoms with van der Waals surface area (Å²) < 4.78 is 0. The van der Waals surface area contributed by atoms with Crippen molar-refractivity contribution in [2.24, 2.45) is 0 Å². The number of nitriles is 1. The minimum atomic E-state index is -1.41. The van der Waals surface area contributed by atoms with E-state index in [4.69, 9.17) is 16.9 Å². The number of fused-ring (bicyclic) bond motifs is 1. The van der Waals surface area contributed by atoms with Crippen LogP contribution in [0.15, 0.2) is 54.4 Å². The number of hydrogen-bond acceptors (Lipinski definition) is 6. The number of hydrogen-bond donors (Lipinski definition) is 5. The van der Waals surface area contributed by atoms with Gasteiger partial charge in [0.1, 0.15) is 11.7 Å². The summed E-state index contributed by atoms with van der Waals surface area (Å²) >= 11 is 6.02. The highest BCUT2D eigenvalue weighted by molar-refractivity contribution is 6.31. The van der Waals surface area contributed by atoms with Crippen molar-refractivity contribution in [3.05, 3.63) is 76.1 Å². The van der Waals surface area contributed by atoms with Crippen molar-refractivity contribution in [3.63, 3.8) is 0 Å². The molecule has 1 fully saturated rings. The summed E-state index contributed by atoms with van der Waals surface area (Å²) in [5, 5.41) is 34.1. The van der Waals surface area contributed by atoms with Crippen LogP contribution >= 0.6 is 11.6 Å². The number of carbonyl (C=O) groups excluding carboxylic acids is 3. The maximum Gasteiger partial charge on any atom is 0.330 e. The largest absolute Gasteiger partial charge is 0.394 e. The summed E-state index contributed by atoms with van der Waals surface area (Å²) in [6, 6.07) is 9.77. The zero-order chi connectivity index (χ0) is 25.1. The number of nitrogens with one attached hydrogen (secondary N) is 3. The van der Waals surface area contributed by atoms with Crippen LogP contribution in [0.1, 0.15) is 22.7 Å². The third kappa shape index (κ3) is 4.74. The number of H-pyrrole nitrogens is 1. The molecule has 0 saturated carbocycles. The molecule has 1 saturated heterocycles. The van der Waals surface area contributed by atoms with Crippen LogP contribution in [0, 0.1) is 11.3 Å². The maximum absolute atomic E-state index is 13.3.